The first-order valence-corrected chi connectivity index (χ1v) is 12.6. The summed E-state index contributed by atoms with van der Waals surface area (Å²) in [5, 5.41) is 9.95. The maximum atomic E-state index is 15.1. The monoisotopic (exact) mass is 509 g/mol. The van der Waals surface area contributed by atoms with Crippen molar-refractivity contribution in [1.82, 2.24) is 4.90 Å². The molecule has 2 aliphatic rings. The van der Waals surface area contributed by atoms with Crippen LogP contribution in [0, 0.1) is 18.6 Å². The summed E-state index contributed by atoms with van der Waals surface area (Å²) in [6, 6.07) is 15.5. The second kappa shape index (κ2) is 10.9. The number of hydrogen-bond donors (Lipinski definition) is 1. The number of nitrogens with zero attached hydrogens (tertiary/aromatic N) is 1. The van der Waals surface area contributed by atoms with E-state index in [1.807, 2.05) is 37.3 Å². The van der Waals surface area contributed by atoms with Crippen LogP contribution in [0.25, 0.3) is 11.1 Å². The van der Waals surface area contributed by atoms with Crippen LogP contribution >= 0.6 is 0 Å². The molecule has 0 amide bonds. The fraction of sp³-hybridized carbons (Fsp3) is 0.333. The number of rotatable bonds is 7. The second-order valence-electron chi connectivity index (χ2n) is 9.61. The number of likely N-dealkylation sites (tertiary alicyclic amines) is 1. The Hall–Kier alpha value is -3.45. The molecule has 4 nitrogen and oxygen atoms in total. The molecule has 2 aliphatic heterocycles. The molecule has 1 N–H and O–H groups in total. The summed E-state index contributed by atoms with van der Waals surface area (Å²) in [6.45, 7) is 4.03. The molecule has 194 valence electrons. The van der Waals surface area contributed by atoms with Gasteiger partial charge in [0.15, 0.2) is 11.5 Å². The number of ether oxygens (including phenoxy) is 2. The van der Waals surface area contributed by atoms with E-state index in [2.05, 4.69) is 4.90 Å². The van der Waals surface area contributed by atoms with Gasteiger partial charge >= 0.3 is 0 Å². The van der Waals surface area contributed by atoms with Crippen LogP contribution in [0.4, 0.5) is 13.2 Å². The zero-order valence-corrected chi connectivity index (χ0v) is 20.8. The van der Waals surface area contributed by atoms with Gasteiger partial charge in [0.2, 0.25) is 5.82 Å². The van der Waals surface area contributed by atoms with Crippen molar-refractivity contribution in [1.29, 1.82) is 0 Å². The fourth-order valence-corrected chi connectivity index (χ4v) is 5.16. The van der Waals surface area contributed by atoms with Crippen molar-refractivity contribution in [2.24, 2.45) is 0 Å². The Morgan fingerprint density at radius 2 is 1.84 bits per heavy atom. The van der Waals surface area contributed by atoms with Crippen molar-refractivity contribution in [2.45, 2.75) is 32.3 Å². The van der Waals surface area contributed by atoms with E-state index in [0.29, 0.717) is 40.9 Å². The van der Waals surface area contributed by atoms with Gasteiger partial charge in [0.25, 0.3) is 0 Å². The first kappa shape index (κ1) is 25.2. The van der Waals surface area contributed by atoms with Crippen LogP contribution < -0.4 is 9.47 Å². The first-order valence-electron chi connectivity index (χ1n) is 12.6. The number of fused-ring (bicyclic) bond motifs is 1. The minimum atomic E-state index is -0.834. The lowest BCUT2D eigenvalue weighted by molar-refractivity contribution is 0.198. The van der Waals surface area contributed by atoms with Gasteiger partial charge in [-0.25, -0.2) is 4.39 Å². The molecule has 0 spiro atoms. The number of aromatic hydroxyl groups is 1. The smallest absolute Gasteiger partial charge is 0.207 e. The molecule has 5 rings (SSSR count). The van der Waals surface area contributed by atoms with Crippen molar-refractivity contribution in [2.75, 3.05) is 32.9 Å². The number of phenolic OH excluding ortho intramolecular Hbond substituents is 1. The molecule has 1 saturated heterocycles. The predicted octanol–water partition coefficient (Wildman–Crippen LogP) is 6.53. The highest BCUT2D eigenvalue weighted by Gasteiger charge is 2.27. The predicted molar refractivity (Wildman–Crippen MR) is 138 cm³/mol. The Kier molecular flexibility index (Phi) is 7.42. The highest BCUT2D eigenvalue weighted by molar-refractivity contribution is 6.00. The maximum Gasteiger partial charge on any atom is 0.207 e. The minimum Gasteiger partial charge on any atom is -0.505 e. The maximum absolute atomic E-state index is 15.1. The lowest BCUT2D eigenvalue weighted by Gasteiger charge is -2.18. The van der Waals surface area contributed by atoms with Crippen LogP contribution in [0.5, 0.6) is 17.2 Å². The second-order valence-corrected chi connectivity index (χ2v) is 9.61. The average molecular weight is 510 g/mol. The summed E-state index contributed by atoms with van der Waals surface area (Å²) in [7, 11) is 0. The van der Waals surface area contributed by atoms with Crippen molar-refractivity contribution in [3.63, 3.8) is 0 Å². The number of aryl methyl sites for hydroxylation is 1. The molecule has 3 aromatic carbocycles. The van der Waals surface area contributed by atoms with Gasteiger partial charge in [0, 0.05) is 37.2 Å². The zero-order valence-electron chi connectivity index (χ0n) is 20.8. The number of phenols is 1. The fourth-order valence-electron chi connectivity index (χ4n) is 5.16. The van der Waals surface area contributed by atoms with Crippen LogP contribution in [0.15, 0.2) is 54.6 Å². The standard InChI is InChI=1S/C30H30F3NO3/c1-19-3-8-23(26(32)17-19)24-12-16-36-30-25(9-10-27(35)29(30)33)28(24)20-4-6-21(7-5-20)37-22-11-15-34(18-22)14-2-13-31/h3-10,17,22,35H,2,11-16,18H2,1H3/t22-/m0/s1. The molecule has 0 bridgehead atoms. The third-order valence-electron chi connectivity index (χ3n) is 6.98. The van der Waals surface area contributed by atoms with Gasteiger partial charge in [0.1, 0.15) is 17.7 Å². The third kappa shape index (κ3) is 5.32. The molecule has 0 aliphatic carbocycles. The average Bonchev–Trinajstić information content (AvgIpc) is 3.24. The van der Waals surface area contributed by atoms with Crippen LogP contribution in [-0.4, -0.2) is 49.0 Å². The minimum absolute atomic E-state index is 0.0333. The Morgan fingerprint density at radius 3 is 2.59 bits per heavy atom. The highest BCUT2D eigenvalue weighted by Crippen LogP contribution is 2.44. The number of benzene rings is 3. The molecule has 7 heteroatoms. The lowest BCUT2D eigenvalue weighted by Crippen LogP contribution is -2.26. The Labute approximate surface area is 215 Å². The highest BCUT2D eigenvalue weighted by atomic mass is 19.1. The van der Waals surface area contributed by atoms with E-state index in [-0.39, 0.29) is 31.0 Å². The Morgan fingerprint density at radius 1 is 1.05 bits per heavy atom. The van der Waals surface area contributed by atoms with Gasteiger partial charge in [-0.3, -0.25) is 9.29 Å². The SMILES string of the molecule is Cc1ccc(C2=C(c3ccc(O[C@H]4CCN(CCCF)C4)cc3)c3ccc(O)c(F)c3OCC2)c(F)c1. The topological polar surface area (TPSA) is 41.9 Å². The molecule has 0 radical (unpaired) electrons. The summed E-state index contributed by atoms with van der Waals surface area (Å²) in [5.74, 6) is -1.03. The molecule has 0 saturated carbocycles. The molecule has 2 heterocycles. The van der Waals surface area contributed by atoms with Gasteiger partial charge in [-0.05, 0) is 72.4 Å². The lowest BCUT2D eigenvalue weighted by atomic mass is 9.87. The van der Waals surface area contributed by atoms with Gasteiger partial charge < -0.3 is 14.6 Å². The Balaban J connectivity index is 1.51. The largest absolute Gasteiger partial charge is 0.505 e. The zero-order chi connectivity index (χ0) is 25.9. The number of hydrogen-bond acceptors (Lipinski definition) is 4. The van der Waals surface area contributed by atoms with E-state index in [1.54, 1.807) is 12.1 Å². The van der Waals surface area contributed by atoms with Crippen molar-refractivity contribution < 1.29 is 27.8 Å². The number of alkyl halides is 1. The van der Waals surface area contributed by atoms with Crippen LogP contribution in [-0.2, 0) is 0 Å². The molecule has 37 heavy (non-hydrogen) atoms. The van der Waals surface area contributed by atoms with Crippen LogP contribution in [0.3, 0.4) is 0 Å². The van der Waals surface area contributed by atoms with E-state index in [4.69, 9.17) is 9.47 Å². The summed E-state index contributed by atoms with van der Waals surface area (Å²) < 4.78 is 54.4. The van der Waals surface area contributed by atoms with E-state index in [9.17, 15) is 13.9 Å². The molecule has 0 aromatic heterocycles. The van der Waals surface area contributed by atoms with E-state index in [1.165, 1.54) is 12.1 Å². The van der Waals surface area contributed by atoms with Crippen molar-refractivity contribution >= 4 is 11.1 Å². The molecule has 0 unspecified atom stereocenters. The van der Waals surface area contributed by atoms with E-state index in [0.717, 1.165) is 37.2 Å². The van der Waals surface area contributed by atoms with Gasteiger partial charge in [-0.1, -0.05) is 24.3 Å². The molecular formula is C30H30F3NO3. The van der Waals surface area contributed by atoms with Gasteiger partial charge in [-0.15, -0.1) is 0 Å². The van der Waals surface area contributed by atoms with Gasteiger partial charge in [0.05, 0.1) is 13.3 Å². The molecule has 1 atom stereocenters. The van der Waals surface area contributed by atoms with E-state index < -0.39 is 11.6 Å². The molecule has 1 fully saturated rings. The summed E-state index contributed by atoms with van der Waals surface area (Å²) in [4.78, 5) is 2.21. The number of halogens is 3. The molecular weight excluding hydrogens is 479 g/mol. The third-order valence-corrected chi connectivity index (χ3v) is 6.98. The van der Waals surface area contributed by atoms with Crippen molar-refractivity contribution in [3.8, 4) is 17.2 Å². The van der Waals surface area contributed by atoms with E-state index >= 15 is 4.39 Å². The quantitative estimate of drug-likeness (QED) is 0.393. The normalized spacial score (nSPS) is 17.9. The first-order chi connectivity index (χ1) is 17.9. The summed E-state index contributed by atoms with van der Waals surface area (Å²) in [5.41, 5.74) is 3.81. The summed E-state index contributed by atoms with van der Waals surface area (Å²) in [6.07, 6.45) is 1.80. The van der Waals surface area contributed by atoms with Crippen molar-refractivity contribution in [3.05, 3.63) is 88.5 Å². The van der Waals surface area contributed by atoms with Crippen LogP contribution in [0.2, 0.25) is 0 Å². The summed E-state index contributed by atoms with van der Waals surface area (Å²) >= 11 is 0. The Bertz CT molecular complexity index is 1310. The molecule has 3 aromatic rings. The van der Waals surface area contributed by atoms with Crippen LogP contribution in [0.1, 0.15) is 41.5 Å². The van der Waals surface area contributed by atoms with Gasteiger partial charge in [-0.2, -0.15) is 4.39 Å².